The van der Waals surface area contributed by atoms with Gasteiger partial charge in [-0.25, -0.2) is 0 Å². The largest absolute Gasteiger partial charge is 0.398 e. The van der Waals surface area contributed by atoms with Crippen LogP contribution in [0, 0.1) is 10.1 Å². The average Bonchev–Trinajstić information content (AvgIpc) is 2.41. The summed E-state index contributed by atoms with van der Waals surface area (Å²) >= 11 is 0. The number of rotatable bonds is 3. The van der Waals surface area contributed by atoms with Gasteiger partial charge in [0.15, 0.2) is 0 Å². The first-order chi connectivity index (χ1) is 9.47. The van der Waals surface area contributed by atoms with E-state index in [1.165, 1.54) is 18.2 Å². The van der Waals surface area contributed by atoms with Crippen molar-refractivity contribution in [3.63, 3.8) is 0 Å². The number of hydrogen-bond acceptors (Lipinski definition) is 5. The molecule has 1 aromatic carbocycles. The third-order valence-corrected chi connectivity index (χ3v) is 4.60. The molecule has 0 aromatic heterocycles. The van der Waals surface area contributed by atoms with Gasteiger partial charge in [0.2, 0.25) is 0 Å². The van der Waals surface area contributed by atoms with Crippen LogP contribution in [-0.4, -0.2) is 32.6 Å². The molecule has 3 N–H and O–H groups in total. The second-order valence-electron chi connectivity index (χ2n) is 4.62. The molecule has 8 heteroatoms. The second kappa shape index (κ2) is 6.00. The number of hydrogen-bond donors (Lipinski definition) is 2. The van der Waals surface area contributed by atoms with Crippen LogP contribution in [0.3, 0.4) is 0 Å². The van der Waals surface area contributed by atoms with E-state index < -0.39 is 21.6 Å². The number of anilines is 1. The number of nitrogens with zero attached hydrogens (tertiary/aromatic N) is 1. The number of nitro groups is 1. The molecule has 1 heterocycles. The van der Waals surface area contributed by atoms with Gasteiger partial charge >= 0.3 is 0 Å². The first-order valence-corrected chi connectivity index (χ1v) is 7.66. The molecule has 108 valence electrons. The van der Waals surface area contributed by atoms with E-state index in [1.54, 1.807) is 0 Å². The normalized spacial score (nSPS) is 22.2. The van der Waals surface area contributed by atoms with Crippen molar-refractivity contribution < 1.29 is 13.9 Å². The van der Waals surface area contributed by atoms with E-state index in [-0.39, 0.29) is 23.0 Å². The summed E-state index contributed by atoms with van der Waals surface area (Å²) in [6.45, 7) is 0. The van der Waals surface area contributed by atoms with Gasteiger partial charge in [-0.1, -0.05) is 0 Å². The van der Waals surface area contributed by atoms with Crippen LogP contribution < -0.4 is 11.1 Å². The van der Waals surface area contributed by atoms with E-state index in [1.807, 2.05) is 0 Å². The number of amides is 1. The fourth-order valence-electron chi connectivity index (χ4n) is 2.06. The Morgan fingerprint density at radius 2 is 2.05 bits per heavy atom. The molecule has 1 fully saturated rings. The van der Waals surface area contributed by atoms with Crippen molar-refractivity contribution in [2.75, 3.05) is 17.2 Å². The van der Waals surface area contributed by atoms with Gasteiger partial charge in [0.1, 0.15) is 0 Å². The summed E-state index contributed by atoms with van der Waals surface area (Å²) in [4.78, 5) is 22.2. The predicted octanol–water partition coefficient (Wildman–Crippen LogP) is 0.818. The number of benzene rings is 1. The van der Waals surface area contributed by atoms with Gasteiger partial charge in [0.05, 0.1) is 10.5 Å². The Morgan fingerprint density at radius 1 is 1.40 bits per heavy atom. The third kappa shape index (κ3) is 3.32. The number of carbonyl (C=O) groups excluding carboxylic acids is 1. The lowest BCUT2D eigenvalue weighted by atomic mass is 10.1. The maximum atomic E-state index is 12.1. The molecule has 1 aliphatic rings. The second-order valence-corrected chi connectivity index (χ2v) is 6.32. The van der Waals surface area contributed by atoms with E-state index in [0.717, 1.165) is 0 Å². The molecular weight excluding hydrogens is 282 g/mol. The lowest BCUT2D eigenvalue weighted by Crippen LogP contribution is -2.39. The van der Waals surface area contributed by atoms with E-state index in [4.69, 9.17) is 5.73 Å². The van der Waals surface area contributed by atoms with Crippen molar-refractivity contribution in [3.05, 3.63) is 33.9 Å². The molecule has 7 nitrogen and oxygen atoms in total. The first-order valence-electron chi connectivity index (χ1n) is 6.17. The van der Waals surface area contributed by atoms with E-state index in [0.29, 0.717) is 24.3 Å². The van der Waals surface area contributed by atoms with Gasteiger partial charge in [0, 0.05) is 46.2 Å². The summed E-state index contributed by atoms with van der Waals surface area (Å²) in [7, 11) is -0.800. The monoisotopic (exact) mass is 297 g/mol. The Kier molecular flexibility index (Phi) is 4.33. The van der Waals surface area contributed by atoms with Gasteiger partial charge in [0.25, 0.3) is 11.6 Å². The highest BCUT2D eigenvalue weighted by molar-refractivity contribution is 7.85. The molecule has 0 radical (unpaired) electrons. The number of nitro benzene ring substituents is 1. The minimum Gasteiger partial charge on any atom is -0.398 e. The Balaban J connectivity index is 2.10. The summed E-state index contributed by atoms with van der Waals surface area (Å²) in [5.41, 5.74) is 5.82. The molecule has 20 heavy (non-hydrogen) atoms. The van der Waals surface area contributed by atoms with Gasteiger partial charge < -0.3 is 11.1 Å². The fourth-order valence-corrected chi connectivity index (χ4v) is 3.35. The van der Waals surface area contributed by atoms with Crippen LogP contribution in [0.4, 0.5) is 11.4 Å². The molecule has 1 aliphatic heterocycles. The lowest BCUT2D eigenvalue weighted by molar-refractivity contribution is -0.384. The average molecular weight is 297 g/mol. The maximum Gasteiger partial charge on any atom is 0.270 e. The summed E-state index contributed by atoms with van der Waals surface area (Å²) in [6, 6.07) is 3.73. The number of nitrogens with one attached hydrogen (secondary N) is 1. The van der Waals surface area contributed by atoms with Crippen molar-refractivity contribution in [1.29, 1.82) is 0 Å². The van der Waals surface area contributed by atoms with Crippen molar-refractivity contribution >= 4 is 28.1 Å². The Bertz CT molecular complexity index is 566. The molecule has 1 saturated heterocycles. The molecule has 0 aliphatic carbocycles. The molecule has 0 atom stereocenters. The number of nitrogens with two attached hydrogens (primary N) is 1. The summed E-state index contributed by atoms with van der Waals surface area (Å²) in [5, 5.41) is 13.5. The fraction of sp³-hybridized carbons (Fsp3) is 0.417. The molecule has 0 unspecified atom stereocenters. The Hall–Kier alpha value is -1.96. The minimum absolute atomic E-state index is 0.0566. The highest BCUT2D eigenvalue weighted by Crippen LogP contribution is 2.20. The van der Waals surface area contributed by atoms with Crippen LogP contribution in [0.15, 0.2) is 18.2 Å². The topological polar surface area (TPSA) is 115 Å². The van der Waals surface area contributed by atoms with Crippen molar-refractivity contribution in [2.24, 2.45) is 0 Å². The third-order valence-electron chi connectivity index (χ3n) is 3.22. The molecule has 2 rings (SSSR count). The quantitative estimate of drug-likeness (QED) is 0.487. The summed E-state index contributed by atoms with van der Waals surface area (Å²) in [5.74, 6) is 0.703. The number of non-ortho nitro benzene ring substituents is 1. The number of carbonyl (C=O) groups is 1. The minimum atomic E-state index is -0.800. The molecule has 0 saturated carbocycles. The van der Waals surface area contributed by atoms with Gasteiger partial charge in [-0.3, -0.25) is 19.1 Å². The maximum absolute atomic E-state index is 12.1. The summed E-state index contributed by atoms with van der Waals surface area (Å²) in [6.07, 6.45) is 1.29. The number of nitrogen functional groups attached to an aromatic ring is 1. The van der Waals surface area contributed by atoms with Crippen LogP contribution in [0.1, 0.15) is 23.2 Å². The summed E-state index contributed by atoms with van der Waals surface area (Å²) < 4.78 is 11.2. The zero-order valence-electron chi connectivity index (χ0n) is 10.7. The van der Waals surface area contributed by atoms with Crippen molar-refractivity contribution in [1.82, 2.24) is 5.32 Å². The van der Waals surface area contributed by atoms with Gasteiger partial charge in [-0.2, -0.15) is 0 Å². The lowest BCUT2D eigenvalue weighted by Gasteiger charge is -2.22. The van der Waals surface area contributed by atoms with Gasteiger partial charge in [-0.15, -0.1) is 0 Å². The Labute approximate surface area is 118 Å². The molecular formula is C12H15N3O4S. The molecule has 0 bridgehead atoms. The SMILES string of the molecule is Nc1ccc([N+](=O)[O-])cc1C(=O)NC1CCS(=O)CC1. The predicted molar refractivity (Wildman–Crippen MR) is 75.9 cm³/mol. The standard InChI is InChI=1S/C12H15N3O4S/c13-11-2-1-9(15(17)18)7-10(11)12(16)14-8-3-5-20(19)6-4-8/h1-2,7-8H,3-6,13H2,(H,14,16). The van der Waals surface area contributed by atoms with Crippen LogP contribution in [0.5, 0.6) is 0 Å². The molecule has 1 aromatic rings. The van der Waals surface area contributed by atoms with Crippen LogP contribution in [0.25, 0.3) is 0 Å². The van der Waals surface area contributed by atoms with Crippen LogP contribution in [0.2, 0.25) is 0 Å². The van der Waals surface area contributed by atoms with Crippen LogP contribution in [-0.2, 0) is 10.8 Å². The van der Waals surface area contributed by atoms with Crippen LogP contribution >= 0.6 is 0 Å². The molecule has 0 spiro atoms. The van der Waals surface area contributed by atoms with E-state index >= 15 is 0 Å². The molecule has 1 amide bonds. The smallest absolute Gasteiger partial charge is 0.270 e. The van der Waals surface area contributed by atoms with Gasteiger partial charge in [-0.05, 0) is 18.9 Å². The zero-order valence-corrected chi connectivity index (χ0v) is 11.5. The highest BCUT2D eigenvalue weighted by Gasteiger charge is 2.22. The van der Waals surface area contributed by atoms with E-state index in [2.05, 4.69) is 5.32 Å². The Morgan fingerprint density at radius 3 is 2.65 bits per heavy atom. The van der Waals surface area contributed by atoms with Crippen molar-refractivity contribution in [3.8, 4) is 0 Å². The van der Waals surface area contributed by atoms with E-state index in [9.17, 15) is 19.1 Å². The highest BCUT2D eigenvalue weighted by atomic mass is 32.2. The first kappa shape index (κ1) is 14.4. The van der Waals surface area contributed by atoms with Crippen molar-refractivity contribution in [2.45, 2.75) is 18.9 Å². The zero-order chi connectivity index (χ0) is 14.7.